The Kier molecular flexibility index (Phi) is 4.98. The van der Waals surface area contributed by atoms with Crippen LogP contribution in [0, 0.1) is 0 Å². The fraction of sp³-hybridized carbons (Fsp3) is 0.125. The van der Waals surface area contributed by atoms with Crippen LogP contribution in [-0.2, 0) is 4.79 Å². The van der Waals surface area contributed by atoms with Gasteiger partial charge in [-0.2, -0.15) is 5.10 Å². The Bertz CT molecular complexity index is 694. The number of carbonyl (C=O) groups excluding carboxylic acids is 2. The van der Waals surface area contributed by atoms with E-state index in [0.717, 1.165) is 5.56 Å². The maximum Gasteiger partial charge on any atom is 0.308 e. The van der Waals surface area contributed by atoms with Crippen molar-refractivity contribution in [3.8, 4) is 5.75 Å². The third-order valence-electron chi connectivity index (χ3n) is 2.78. The number of pyridine rings is 1. The van der Waals surface area contributed by atoms with Gasteiger partial charge in [-0.3, -0.25) is 14.6 Å². The minimum Gasteiger partial charge on any atom is -0.427 e. The number of amides is 1. The zero-order chi connectivity index (χ0) is 15.9. The first-order chi connectivity index (χ1) is 10.6. The van der Waals surface area contributed by atoms with E-state index in [9.17, 15) is 9.59 Å². The largest absolute Gasteiger partial charge is 0.427 e. The van der Waals surface area contributed by atoms with E-state index in [2.05, 4.69) is 15.5 Å². The highest BCUT2D eigenvalue weighted by Crippen LogP contribution is 2.13. The molecule has 0 aliphatic rings. The van der Waals surface area contributed by atoms with Crippen molar-refractivity contribution >= 4 is 17.6 Å². The third kappa shape index (κ3) is 4.24. The van der Waals surface area contributed by atoms with Crippen LogP contribution in [0.15, 0.2) is 53.9 Å². The lowest BCUT2D eigenvalue weighted by atomic mass is 10.1. The van der Waals surface area contributed by atoms with E-state index < -0.39 is 0 Å². The molecule has 0 radical (unpaired) electrons. The number of hydrazone groups is 1. The first kappa shape index (κ1) is 15.4. The molecule has 0 unspecified atom stereocenters. The van der Waals surface area contributed by atoms with E-state index >= 15 is 0 Å². The van der Waals surface area contributed by atoms with Gasteiger partial charge in [0.1, 0.15) is 5.75 Å². The van der Waals surface area contributed by atoms with Crippen molar-refractivity contribution in [1.82, 2.24) is 10.4 Å². The van der Waals surface area contributed by atoms with Crippen LogP contribution in [0.3, 0.4) is 0 Å². The van der Waals surface area contributed by atoms with E-state index in [-0.39, 0.29) is 11.9 Å². The predicted octanol–water partition coefficient (Wildman–Crippen LogP) is 2.16. The fourth-order valence-corrected chi connectivity index (χ4v) is 1.69. The van der Waals surface area contributed by atoms with Crippen LogP contribution in [0.2, 0.25) is 0 Å². The van der Waals surface area contributed by atoms with Gasteiger partial charge in [-0.25, -0.2) is 5.43 Å². The van der Waals surface area contributed by atoms with Crippen molar-refractivity contribution in [3.05, 3.63) is 59.9 Å². The maximum absolute atomic E-state index is 11.8. The second-order valence-electron chi connectivity index (χ2n) is 4.50. The van der Waals surface area contributed by atoms with Gasteiger partial charge in [-0.05, 0) is 48.9 Å². The summed E-state index contributed by atoms with van der Waals surface area (Å²) in [6, 6.07) is 10.2. The molecule has 1 heterocycles. The summed E-state index contributed by atoms with van der Waals surface area (Å²) in [4.78, 5) is 26.6. The standard InChI is InChI=1S/C16H15N3O3/c1-11(13-5-7-15(8-6-13)22-12(2)20)18-19-16(21)14-4-3-9-17-10-14/h3-10H,1-2H3,(H,19,21)/b18-11-. The number of hydrogen-bond donors (Lipinski definition) is 1. The average Bonchev–Trinajstić information content (AvgIpc) is 2.53. The Morgan fingerprint density at radius 3 is 2.41 bits per heavy atom. The van der Waals surface area contributed by atoms with Crippen molar-refractivity contribution in [2.45, 2.75) is 13.8 Å². The van der Waals surface area contributed by atoms with Crippen molar-refractivity contribution in [3.63, 3.8) is 0 Å². The number of nitrogens with one attached hydrogen (secondary N) is 1. The van der Waals surface area contributed by atoms with Crippen LogP contribution in [-0.4, -0.2) is 22.6 Å². The van der Waals surface area contributed by atoms with E-state index in [1.54, 1.807) is 49.5 Å². The molecule has 1 aromatic carbocycles. The quantitative estimate of drug-likeness (QED) is 0.406. The summed E-state index contributed by atoms with van der Waals surface area (Å²) in [5.41, 5.74) is 4.34. The molecule has 0 spiro atoms. The minimum absolute atomic E-state index is 0.330. The SMILES string of the molecule is CC(=O)Oc1ccc(/C(C)=N\NC(=O)c2cccnc2)cc1. The van der Waals surface area contributed by atoms with Crippen LogP contribution in [0.1, 0.15) is 29.8 Å². The molecule has 2 rings (SSSR count). The molecule has 0 aliphatic carbocycles. The molecule has 0 saturated carbocycles. The number of benzene rings is 1. The highest BCUT2D eigenvalue weighted by Gasteiger charge is 2.05. The lowest BCUT2D eigenvalue weighted by molar-refractivity contribution is -0.131. The first-order valence-corrected chi connectivity index (χ1v) is 6.60. The van der Waals surface area contributed by atoms with E-state index in [1.807, 2.05) is 0 Å². The van der Waals surface area contributed by atoms with Gasteiger partial charge in [0.05, 0.1) is 11.3 Å². The van der Waals surface area contributed by atoms with Crippen LogP contribution >= 0.6 is 0 Å². The first-order valence-electron chi connectivity index (χ1n) is 6.60. The molecular weight excluding hydrogens is 282 g/mol. The van der Waals surface area contributed by atoms with Gasteiger partial charge in [0, 0.05) is 19.3 Å². The second-order valence-corrected chi connectivity index (χ2v) is 4.50. The number of hydrogen-bond acceptors (Lipinski definition) is 5. The highest BCUT2D eigenvalue weighted by atomic mass is 16.5. The lowest BCUT2D eigenvalue weighted by Crippen LogP contribution is -2.19. The van der Waals surface area contributed by atoms with Crippen molar-refractivity contribution in [2.24, 2.45) is 5.10 Å². The van der Waals surface area contributed by atoms with Gasteiger partial charge in [-0.15, -0.1) is 0 Å². The van der Waals surface area contributed by atoms with Crippen molar-refractivity contribution in [2.75, 3.05) is 0 Å². The molecule has 1 N–H and O–H groups in total. The molecule has 6 nitrogen and oxygen atoms in total. The minimum atomic E-state index is -0.373. The number of carbonyl (C=O) groups is 2. The van der Waals surface area contributed by atoms with Gasteiger partial charge >= 0.3 is 5.97 Å². The van der Waals surface area contributed by atoms with Crippen LogP contribution < -0.4 is 10.2 Å². The van der Waals surface area contributed by atoms with E-state index in [4.69, 9.17) is 4.74 Å². The number of esters is 1. The molecule has 2 aromatic rings. The molecule has 1 amide bonds. The zero-order valence-corrected chi connectivity index (χ0v) is 12.2. The van der Waals surface area contributed by atoms with Gasteiger partial charge in [-0.1, -0.05) is 0 Å². The summed E-state index contributed by atoms with van der Waals surface area (Å²) in [7, 11) is 0. The Morgan fingerprint density at radius 2 is 1.82 bits per heavy atom. The Morgan fingerprint density at radius 1 is 1.09 bits per heavy atom. The number of rotatable bonds is 4. The predicted molar refractivity (Wildman–Crippen MR) is 81.7 cm³/mol. The van der Waals surface area contributed by atoms with Gasteiger partial charge in [0.2, 0.25) is 0 Å². The van der Waals surface area contributed by atoms with Gasteiger partial charge < -0.3 is 4.74 Å². The molecule has 0 fully saturated rings. The highest BCUT2D eigenvalue weighted by molar-refractivity contribution is 6.00. The number of ether oxygens (including phenoxy) is 1. The molecule has 112 valence electrons. The van der Waals surface area contributed by atoms with Crippen LogP contribution in [0.5, 0.6) is 5.75 Å². The van der Waals surface area contributed by atoms with Crippen LogP contribution in [0.25, 0.3) is 0 Å². The molecule has 0 bridgehead atoms. The molecule has 0 saturated heterocycles. The molecule has 1 aromatic heterocycles. The molecule has 0 atom stereocenters. The molecule has 6 heteroatoms. The summed E-state index contributed by atoms with van der Waals surface area (Å²) in [5.74, 6) is -0.241. The maximum atomic E-state index is 11.8. The summed E-state index contributed by atoms with van der Waals surface area (Å²) in [6.07, 6.45) is 3.06. The Labute approximate surface area is 127 Å². The summed E-state index contributed by atoms with van der Waals surface area (Å²) >= 11 is 0. The van der Waals surface area contributed by atoms with Gasteiger partial charge in [0.25, 0.3) is 5.91 Å². The van der Waals surface area contributed by atoms with E-state index in [1.165, 1.54) is 13.1 Å². The average molecular weight is 297 g/mol. The molecular formula is C16H15N3O3. The number of aromatic nitrogens is 1. The Hall–Kier alpha value is -3.02. The summed E-state index contributed by atoms with van der Waals surface area (Å²) in [5, 5.41) is 4.04. The lowest BCUT2D eigenvalue weighted by Gasteiger charge is -2.04. The monoisotopic (exact) mass is 297 g/mol. The topological polar surface area (TPSA) is 80.6 Å². The molecule has 22 heavy (non-hydrogen) atoms. The summed E-state index contributed by atoms with van der Waals surface area (Å²) in [6.45, 7) is 3.11. The smallest absolute Gasteiger partial charge is 0.308 e. The van der Waals surface area contributed by atoms with E-state index in [0.29, 0.717) is 17.0 Å². The van der Waals surface area contributed by atoms with Crippen molar-refractivity contribution in [1.29, 1.82) is 0 Å². The van der Waals surface area contributed by atoms with Gasteiger partial charge in [0.15, 0.2) is 0 Å². The third-order valence-corrected chi connectivity index (χ3v) is 2.78. The Balaban J connectivity index is 2.03. The summed E-state index contributed by atoms with van der Waals surface area (Å²) < 4.78 is 4.95. The fourth-order valence-electron chi connectivity index (χ4n) is 1.69. The zero-order valence-electron chi connectivity index (χ0n) is 12.2. The second kappa shape index (κ2) is 7.12. The van der Waals surface area contributed by atoms with Crippen LogP contribution in [0.4, 0.5) is 0 Å². The number of nitrogens with zero attached hydrogens (tertiary/aromatic N) is 2. The normalized spacial score (nSPS) is 10.9. The van der Waals surface area contributed by atoms with Crippen molar-refractivity contribution < 1.29 is 14.3 Å². The molecule has 0 aliphatic heterocycles.